The number of carbonyl (C=O) groups is 1. The van der Waals surface area contributed by atoms with E-state index in [9.17, 15) is 9.59 Å². The highest BCUT2D eigenvalue weighted by Crippen LogP contribution is 2.23. The van der Waals surface area contributed by atoms with E-state index in [1.807, 2.05) is 32.9 Å². The van der Waals surface area contributed by atoms with E-state index in [0.29, 0.717) is 37.1 Å². The van der Waals surface area contributed by atoms with Gasteiger partial charge in [0.25, 0.3) is 0 Å². The molecule has 0 spiro atoms. The molecule has 1 fully saturated rings. The molecule has 0 bridgehead atoms. The Morgan fingerprint density at radius 2 is 1.89 bits per heavy atom. The van der Waals surface area contributed by atoms with Crippen molar-refractivity contribution in [1.29, 1.82) is 0 Å². The second-order valence-corrected chi connectivity index (χ2v) is 7.61. The standard InChI is InChI=1S/C19H24N4O5/c1-19(2,3)28-18(25)23-8-6-22(7-9-23)13-5-4-12-10-14(16(20)21-26)17(24)27-15(12)11-13/h4-5,10-11,26H,6-9H2,1-3H3,(H2,20,21). The van der Waals surface area contributed by atoms with Crippen LogP contribution in [0.3, 0.4) is 0 Å². The van der Waals surface area contributed by atoms with Gasteiger partial charge in [-0.05, 0) is 39.0 Å². The highest BCUT2D eigenvalue weighted by molar-refractivity contribution is 5.99. The van der Waals surface area contributed by atoms with Crippen LogP contribution in [0.4, 0.5) is 10.5 Å². The molecule has 0 saturated carbocycles. The van der Waals surface area contributed by atoms with Gasteiger partial charge in [0, 0.05) is 43.3 Å². The lowest BCUT2D eigenvalue weighted by atomic mass is 10.1. The monoisotopic (exact) mass is 388 g/mol. The summed E-state index contributed by atoms with van der Waals surface area (Å²) in [6, 6.07) is 7.01. The third-order valence-electron chi connectivity index (χ3n) is 4.40. The Balaban J connectivity index is 1.75. The fourth-order valence-electron chi connectivity index (χ4n) is 3.00. The van der Waals surface area contributed by atoms with Gasteiger partial charge in [-0.2, -0.15) is 0 Å². The molecule has 1 aliphatic heterocycles. The Morgan fingerprint density at radius 3 is 2.50 bits per heavy atom. The van der Waals surface area contributed by atoms with Gasteiger partial charge in [-0.3, -0.25) is 0 Å². The number of oxime groups is 1. The van der Waals surface area contributed by atoms with Crippen molar-refractivity contribution in [2.24, 2.45) is 10.9 Å². The molecule has 2 aromatic rings. The zero-order valence-electron chi connectivity index (χ0n) is 16.1. The Morgan fingerprint density at radius 1 is 1.21 bits per heavy atom. The van der Waals surface area contributed by atoms with E-state index in [1.54, 1.807) is 11.0 Å². The SMILES string of the molecule is CC(C)(C)OC(=O)N1CCN(c2ccc3cc(/C(N)=N/O)c(=O)oc3c2)CC1. The third-order valence-corrected chi connectivity index (χ3v) is 4.40. The molecule has 150 valence electrons. The lowest BCUT2D eigenvalue weighted by molar-refractivity contribution is 0.0240. The first-order valence-corrected chi connectivity index (χ1v) is 8.96. The number of piperazine rings is 1. The van der Waals surface area contributed by atoms with Crippen molar-refractivity contribution in [3.05, 3.63) is 40.2 Å². The number of fused-ring (bicyclic) bond motifs is 1. The summed E-state index contributed by atoms with van der Waals surface area (Å²) in [6.07, 6.45) is -0.313. The minimum atomic E-state index is -0.672. The molecule has 28 heavy (non-hydrogen) atoms. The van der Waals surface area contributed by atoms with Crippen LogP contribution < -0.4 is 16.3 Å². The second kappa shape index (κ2) is 7.41. The van der Waals surface area contributed by atoms with E-state index in [2.05, 4.69) is 10.1 Å². The van der Waals surface area contributed by atoms with Crippen LogP contribution in [0, 0.1) is 0 Å². The van der Waals surface area contributed by atoms with Gasteiger partial charge in [0.05, 0.1) is 0 Å². The molecule has 9 nitrogen and oxygen atoms in total. The summed E-state index contributed by atoms with van der Waals surface area (Å²) >= 11 is 0. The van der Waals surface area contributed by atoms with Gasteiger partial charge in [0.1, 0.15) is 16.7 Å². The summed E-state index contributed by atoms with van der Waals surface area (Å²) in [5, 5.41) is 12.3. The van der Waals surface area contributed by atoms with Gasteiger partial charge < -0.3 is 29.9 Å². The second-order valence-electron chi connectivity index (χ2n) is 7.61. The average molecular weight is 388 g/mol. The number of rotatable bonds is 2. The lowest BCUT2D eigenvalue weighted by Crippen LogP contribution is -2.50. The largest absolute Gasteiger partial charge is 0.444 e. The molecule has 1 saturated heterocycles. The number of amides is 1. The molecule has 1 aliphatic rings. The molecule has 0 aliphatic carbocycles. The number of hydrogen-bond donors (Lipinski definition) is 2. The Labute approximate surface area is 162 Å². The van der Waals surface area contributed by atoms with Crippen molar-refractivity contribution in [2.75, 3.05) is 31.1 Å². The Bertz CT molecular complexity index is 968. The van der Waals surface area contributed by atoms with Crippen molar-refractivity contribution >= 4 is 28.6 Å². The number of anilines is 1. The Kier molecular flexibility index (Phi) is 5.17. The lowest BCUT2D eigenvalue weighted by Gasteiger charge is -2.36. The van der Waals surface area contributed by atoms with Crippen LogP contribution in [-0.2, 0) is 4.74 Å². The summed E-state index contributed by atoms with van der Waals surface area (Å²) in [4.78, 5) is 28.0. The van der Waals surface area contributed by atoms with Crippen molar-refractivity contribution in [3.8, 4) is 0 Å². The normalized spacial score (nSPS) is 15.8. The molecule has 1 amide bonds. The molecule has 2 heterocycles. The van der Waals surface area contributed by atoms with Crippen LogP contribution in [0.25, 0.3) is 11.0 Å². The topological polar surface area (TPSA) is 122 Å². The zero-order valence-corrected chi connectivity index (χ0v) is 16.1. The summed E-state index contributed by atoms with van der Waals surface area (Å²) in [6.45, 7) is 7.88. The summed E-state index contributed by atoms with van der Waals surface area (Å²) in [7, 11) is 0. The highest BCUT2D eigenvalue weighted by Gasteiger charge is 2.26. The molecule has 3 rings (SSSR count). The molecular formula is C19H24N4O5. The summed E-state index contributed by atoms with van der Waals surface area (Å²) in [5.74, 6) is -0.294. The quantitative estimate of drug-likeness (QED) is 0.265. The van der Waals surface area contributed by atoms with Crippen molar-refractivity contribution in [1.82, 2.24) is 4.90 Å². The number of hydrogen-bond acceptors (Lipinski definition) is 7. The molecule has 0 unspecified atom stereocenters. The smallest absolute Gasteiger partial charge is 0.410 e. The van der Waals surface area contributed by atoms with Gasteiger partial charge in [-0.15, -0.1) is 0 Å². The minimum absolute atomic E-state index is 0.00808. The average Bonchev–Trinajstić information content (AvgIpc) is 2.65. The number of nitrogens with two attached hydrogens (primary N) is 1. The highest BCUT2D eigenvalue weighted by atomic mass is 16.6. The van der Waals surface area contributed by atoms with E-state index in [4.69, 9.17) is 20.1 Å². The maximum atomic E-state index is 12.2. The van der Waals surface area contributed by atoms with E-state index in [1.165, 1.54) is 6.07 Å². The van der Waals surface area contributed by atoms with Crippen LogP contribution >= 0.6 is 0 Å². The van der Waals surface area contributed by atoms with Crippen LogP contribution in [-0.4, -0.2) is 53.8 Å². The molecule has 1 aromatic heterocycles. The molecule has 0 atom stereocenters. The maximum Gasteiger partial charge on any atom is 0.410 e. The van der Waals surface area contributed by atoms with E-state index < -0.39 is 11.2 Å². The van der Waals surface area contributed by atoms with Crippen LogP contribution in [0.5, 0.6) is 0 Å². The first-order valence-electron chi connectivity index (χ1n) is 8.96. The molecule has 9 heteroatoms. The maximum absolute atomic E-state index is 12.2. The van der Waals surface area contributed by atoms with E-state index in [0.717, 1.165) is 5.69 Å². The first-order chi connectivity index (χ1) is 13.2. The van der Waals surface area contributed by atoms with E-state index >= 15 is 0 Å². The fourth-order valence-corrected chi connectivity index (χ4v) is 3.00. The van der Waals surface area contributed by atoms with E-state index in [-0.39, 0.29) is 17.5 Å². The van der Waals surface area contributed by atoms with Gasteiger partial charge in [0.2, 0.25) is 0 Å². The summed E-state index contributed by atoms with van der Waals surface area (Å²) in [5.41, 5.74) is 5.61. The van der Waals surface area contributed by atoms with Gasteiger partial charge >= 0.3 is 11.7 Å². The van der Waals surface area contributed by atoms with Crippen molar-refractivity contribution in [2.45, 2.75) is 26.4 Å². The molecular weight excluding hydrogens is 364 g/mol. The van der Waals surface area contributed by atoms with Crippen LogP contribution in [0.1, 0.15) is 26.3 Å². The molecule has 0 radical (unpaired) electrons. The molecule has 3 N–H and O–H groups in total. The van der Waals surface area contributed by atoms with Gasteiger partial charge in [-0.25, -0.2) is 9.59 Å². The number of carbonyl (C=O) groups excluding carboxylic acids is 1. The first kappa shape index (κ1) is 19.5. The Hall–Kier alpha value is -3.23. The predicted octanol–water partition coefficient (Wildman–Crippen LogP) is 1.94. The van der Waals surface area contributed by atoms with Crippen molar-refractivity contribution < 1.29 is 19.2 Å². The van der Waals surface area contributed by atoms with Crippen LogP contribution in [0.15, 0.2) is 38.6 Å². The minimum Gasteiger partial charge on any atom is -0.444 e. The number of amidine groups is 1. The fraction of sp³-hybridized carbons (Fsp3) is 0.421. The van der Waals surface area contributed by atoms with Gasteiger partial charge in [0.15, 0.2) is 5.84 Å². The number of nitrogens with zero attached hydrogens (tertiary/aromatic N) is 3. The predicted molar refractivity (Wildman–Crippen MR) is 105 cm³/mol. The number of ether oxygens (including phenoxy) is 1. The van der Waals surface area contributed by atoms with Crippen LogP contribution in [0.2, 0.25) is 0 Å². The van der Waals surface area contributed by atoms with Gasteiger partial charge in [-0.1, -0.05) is 5.16 Å². The third kappa shape index (κ3) is 4.19. The zero-order chi connectivity index (χ0) is 20.5. The van der Waals surface area contributed by atoms with Crippen molar-refractivity contribution in [3.63, 3.8) is 0 Å². The molecule has 1 aromatic carbocycles. The summed E-state index contributed by atoms with van der Waals surface area (Å²) < 4.78 is 10.7. The number of benzene rings is 1.